The zero-order valence-corrected chi connectivity index (χ0v) is 40.6. The van der Waals surface area contributed by atoms with Gasteiger partial charge in [-0.05, 0) is 179 Å². The van der Waals surface area contributed by atoms with Gasteiger partial charge in [-0.1, -0.05) is 65.5 Å². The number of carbonyl (C=O) groups excluding carboxylic acids is 3. The van der Waals surface area contributed by atoms with E-state index in [1.807, 2.05) is 46.4 Å². The van der Waals surface area contributed by atoms with Gasteiger partial charge in [0, 0.05) is 38.1 Å². The van der Waals surface area contributed by atoms with Crippen molar-refractivity contribution in [2.75, 3.05) is 26.2 Å². The van der Waals surface area contributed by atoms with Crippen molar-refractivity contribution in [2.45, 2.75) is 216 Å². The van der Waals surface area contributed by atoms with Gasteiger partial charge in [-0.25, -0.2) is 14.4 Å². The summed E-state index contributed by atoms with van der Waals surface area (Å²) in [5.74, 6) is 4.82. The lowest BCUT2D eigenvalue weighted by atomic mass is 9.47. The molecule has 0 aromatic carbocycles. The molecule has 0 heterocycles. The van der Waals surface area contributed by atoms with Crippen molar-refractivity contribution in [2.24, 2.45) is 46.3 Å². The number of unbranched alkanes of at least 4 members (excludes halogenated alkanes) is 1. The maximum absolute atomic E-state index is 14.1. The molecule has 4 aliphatic carbocycles. The van der Waals surface area contributed by atoms with Crippen LogP contribution in [0, 0.1) is 46.3 Å². The Labute approximate surface area is 366 Å². The zero-order valence-electron chi connectivity index (χ0n) is 40.6. The highest BCUT2D eigenvalue weighted by Gasteiger charge is 2.59. The van der Waals surface area contributed by atoms with E-state index in [1.165, 1.54) is 56.9 Å². The van der Waals surface area contributed by atoms with Crippen LogP contribution in [0.25, 0.3) is 0 Å². The molecule has 10 atom stereocenters. The van der Waals surface area contributed by atoms with Crippen LogP contribution in [-0.2, 0) is 14.2 Å². The fraction of sp³-hybridized carbons (Fsp3) is 0.900. The standard InChI is InChI=1S/C50H90N4O6/c1-34(2)17-16-18-35(3)41-21-22-42-40-20-19-38-33-39(23-27-49(38,12)43(40)24-28-50(41,42)13)58-46(57)54(37(5)26-31-53-45(56)60-48(9,10)11)32-15-14-29-51-36(4)25-30-52-44(55)59-47(6,7)8/h19,34-37,39-43,51H,14-18,20-33H2,1-13H3,(H,52,55)(H,53,56)/t35-,36?,37?,39+,40+,41-,42+,43+,49+,50-/m1/s1. The minimum atomic E-state index is -0.571. The second-order valence-electron chi connectivity index (χ2n) is 22.6. The monoisotopic (exact) mass is 843 g/mol. The van der Waals surface area contributed by atoms with Gasteiger partial charge in [0.15, 0.2) is 0 Å². The molecule has 3 fully saturated rings. The molecule has 2 unspecified atom stereocenters. The lowest BCUT2D eigenvalue weighted by Crippen LogP contribution is -2.51. The second-order valence-corrected chi connectivity index (χ2v) is 22.6. The highest BCUT2D eigenvalue weighted by Crippen LogP contribution is 2.67. The Kier molecular flexibility index (Phi) is 18.2. The summed E-state index contributed by atoms with van der Waals surface area (Å²) in [6.07, 6.45) is 18.2. The van der Waals surface area contributed by atoms with Crippen molar-refractivity contribution in [3.05, 3.63) is 11.6 Å². The molecule has 346 valence electrons. The van der Waals surface area contributed by atoms with E-state index in [9.17, 15) is 14.4 Å². The summed E-state index contributed by atoms with van der Waals surface area (Å²) in [5.41, 5.74) is 1.13. The molecule has 0 aromatic rings. The number of allylic oxidation sites excluding steroid dienone is 1. The number of nitrogens with zero attached hydrogens (tertiary/aromatic N) is 1. The Balaban J connectivity index is 1.32. The van der Waals surface area contributed by atoms with E-state index in [-0.39, 0.29) is 29.7 Å². The Hall–Kier alpha value is -2.49. The van der Waals surface area contributed by atoms with Crippen LogP contribution in [0.4, 0.5) is 14.4 Å². The van der Waals surface area contributed by atoms with E-state index in [0.29, 0.717) is 31.5 Å². The van der Waals surface area contributed by atoms with Crippen LogP contribution < -0.4 is 16.0 Å². The normalized spacial score (nSPS) is 29.2. The van der Waals surface area contributed by atoms with Crippen molar-refractivity contribution in [3.63, 3.8) is 0 Å². The predicted molar refractivity (Wildman–Crippen MR) is 244 cm³/mol. The number of amides is 3. The molecule has 3 saturated carbocycles. The molecule has 10 heteroatoms. The molecule has 3 N–H and O–H groups in total. The minimum Gasteiger partial charge on any atom is -0.446 e. The van der Waals surface area contributed by atoms with E-state index in [2.05, 4.69) is 70.5 Å². The van der Waals surface area contributed by atoms with Gasteiger partial charge < -0.3 is 35.1 Å². The number of alkyl carbamates (subject to hydrolysis) is 2. The van der Waals surface area contributed by atoms with Gasteiger partial charge in [0.25, 0.3) is 0 Å². The smallest absolute Gasteiger partial charge is 0.410 e. The molecule has 4 rings (SSSR count). The van der Waals surface area contributed by atoms with E-state index in [0.717, 1.165) is 80.6 Å². The molecule has 0 saturated heterocycles. The third-order valence-corrected chi connectivity index (χ3v) is 15.1. The first-order valence-corrected chi connectivity index (χ1v) is 24.4. The van der Waals surface area contributed by atoms with Crippen LogP contribution in [0.15, 0.2) is 11.6 Å². The van der Waals surface area contributed by atoms with E-state index < -0.39 is 23.4 Å². The Morgan fingerprint density at radius 3 is 2.05 bits per heavy atom. The largest absolute Gasteiger partial charge is 0.446 e. The number of ether oxygens (including phenoxy) is 3. The molecule has 0 bridgehead atoms. The summed E-state index contributed by atoms with van der Waals surface area (Å²) in [6, 6.07) is 0.105. The quantitative estimate of drug-likeness (QED) is 0.0673. The zero-order chi connectivity index (χ0) is 44.5. The summed E-state index contributed by atoms with van der Waals surface area (Å²) in [7, 11) is 0. The minimum absolute atomic E-state index is 0.115. The average Bonchev–Trinajstić information content (AvgIpc) is 3.48. The summed E-state index contributed by atoms with van der Waals surface area (Å²) < 4.78 is 17.2. The average molecular weight is 843 g/mol. The molecular weight excluding hydrogens is 753 g/mol. The molecule has 0 aliphatic heterocycles. The Morgan fingerprint density at radius 1 is 0.767 bits per heavy atom. The van der Waals surface area contributed by atoms with Crippen molar-refractivity contribution in [3.8, 4) is 0 Å². The lowest BCUT2D eigenvalue weighted by molar-refractivity contribution is -0.0597. The summed E-state index contributed by atoms with van der Waals surface area (Å²) in [6.45, 7) is 30.1. The molecular formula is C50H90N4O6. The summed E-state index contributed by atoms with van der Waals surface area (Å²) in [5, 5.41) is 9.26. The topological polar surface area (TPSA) is 118 Å². The highest BCUT2D eigenvalue weighted by molar-refractivity contribution is 5.69. The molecule has 60 heavy (non-hydrogen) atoms. The van der Waals surface area contributed by atoms with Crippen molar-refractivity contribution < 1.29 is 28.6 Å². The second kappa shape index (κ2) is 21.7. The van der Waals surface area contributed by atoms with Crippen LogP contribution in [0.1, 0.15) is 186 Å². The molecule has 0 aromatic heterocycles. The van der Waals surface area contributed by atoms with Crippen LogP contribution in [0.2, 0.25) is 0 Å². The summed E-state index contributed by atoms with van der Waals surface area (Å²) in [4.78, 5) is 40.4. The maximum Gasteiger partial charge on any atom is 0.410 e. The first-order valence-electron chi connectivity index (χ1n) is 24.4. The summed E-state index contributed by atoms with van der Waals surface area (Å²) >= 11 is 0. The van der Waals surface area contributed by atoms with E-state index in [1.54, 1.807) is 0 Å². The van der Waals surface area contributed by atoms with Gasteiger partial charge in [-0.3, -0.25) is 0 Å². The van der Waals surface area contributed by atoms with Crippen molar-refractivity contribution >= 4 is 18.3 Å². The van der Waals surface area contributed by atoms with Gasteiger partial charge in [-0.15, -0.1) is 0 Å². The van der Waals surface area contributed by atoms with Gasteiger partial charge in [-0.2, -0.15) is 0 Å². The van der Waals surface area contributed by atoms with Crippen LogP contribution in [0.5, 0.6) is 0 Å². The van der Waals surface area contributed by atoms with Crippen LogP contribution in [-0.4, -0.2) is 78.7 Å². The Bertz CT molecular complexity index is 1420. The first-order chi connectivity index (χ1) is 28.0. The highest BCUT2D eigenvalue weighted by atomic mass is 16.6. The van der Waals surface area contributed by atoms with Gasteiger partial charge in [0.2, 0.25) is 0 Å². The number of rotatable bonds is 19. The fourth-order valence-electron chi connectivity index (χ4n) is 11.9. The number of nitrogens with one attached hydrogen (secondary N) is 3. The molecule has 4 aliphatic rings. The maximum atomic E-state index is 14.1. The lowest BCUT2D eigenvalue weighted by Gasteiger charge is -2.58. The fourth-order valence-corrected chi connectivity index (χ4v) is 11.9. The molecule has 0 spiro atoms. The number of fused-ring (bicyclic) bond motifs is 5. The SMILES string of the molecule is CC(C)CCC[C@@H](C)[C@H]1CC[C@H]2[C@@H]3CC=C4C[C@@H](OC(=O)N(CCCCNC(C)CCNC(=O)OC(C)(C)C)C(C)CCNC(=O)OC(C)(C)C)CC[C@]4(C)[C@H]3CC[C@]12C. The van der Waals surface area contributed by atoms with Crippen LogP contribution in [0.3, 0.4) is 0 Å². The van der Waals surface area contributed by atoms with E-state index in [4.69, 9.17) is 14.2 Å². The number of carbonyl (C=O) groups is 3. The van der Waals surface area contributed by atoms with Gasteiger partial charge >= 0.3 is 18.3 Å². The van der Waals surface area contributed by atoms with Gasteiger partial charge in [0.05, 0.1) is 0 Å². The van der Waals surface area contributed by atoms with E-state index >= 15 is 0 Å². The van der Waals surface area contributed by atoms with Crippen molar-refractivity contribution in [1.29, 1.82) is 0 Å². The molecule has 3 amide bonds. The van der Waals surface area contributed by atoms with Crippen molar-refractivity contribution in [1.82, 2.24) is 20.9 Å². The third-order valence-electron chi connectivity index (χ3n) is 15.1. The first kappa shape index (κ1) is 50.2. The predicted octanol–water partition coefficient (Wildman–Crippen LogP) is 11.8. The number of hydrogen-bond donors (Lipinski definition) is 3. The van der Waals surface area contributed by atoms with Crippen LogP contribution >= 0.6 is 0 Å². The Morgan fingerprint density at radius 2 is 1.42 bits per heavy atom. The molecule has 0 radical (unpaired) electrons. The van der Waals surface area contributed by atoms with Gasteiger partial charge in [0.1, 0.15) is 17.3 Å². The molecule has 10 nitrogen and oxygen atoms in total. The third kappa shape index (κ3) is 14.3. The number of hydrogen-bond acceptors (Lipinski definition) is 7.